The zero-order valence-electron chi connectivity index (χ0n) is 27.1. The van der Waals surface area contributed by atoms with Gasteiger partial charge in [-0.15, -0.1) is 0 Å². The second kappa shape index (κ2) is 9.49. The summed E-state index contributed by atoms with van der Waals surface area (Å²) >= 11 is 0. The molecule has 0 spiro atoms. The van der Waals surface area contributed by atoms with Crippen molar-refractivity contribution < 1.29 is 0 Å². The maximum atomic E-state index is 2.48. The molecule has 50 heavy (non-hydrogen) atoms. The molecule has 0 bridgehead atoms. The van der Waals surface area contributed by atoms with E-state index < -0.39 is 0 Å². The zero-order valence-corrected chi connectivity index (χ0v) is 27.1. The van der Waals surface area contributed by atoms with Crippen molar-refractivity contribution in [3.63, 3.8) is 0 Å². The van der Waals surface area contributed by atoms with Crippen LogP contribution in [0.5, 0.6) is 0 Å². The fraction of sp³-hybridized carbons (Fsp3) is 0. The first-order valence-corrected chi connectivity index (χ1v) is 17.4. The second-order valence-electron chi connectivity index (χ2n) is 13.7. The van der Waals surface area contributed by atoms with Gasteiger partial charge in [-0.05, 0) is 79.8 Å². The van der Waals surface area contributed by atoms with Crippen LogP contribution in [0.1, 0.15) is 0 Å². The van der Waals surface area contributed by atoms with E-state index in [1.165, 1.54) is 109 Å². The third kappa shape index (κ3) is 3.28. The number of nitrogens with zero attached hydrogens (tertiary/aromatic N) is 2. The molecule has 0 unspecified atom stereocenters. The van der Waals surface area contributed by atoms with Crippen LogP contribution in [0, 0.1) is 0 Å². The van der Waals surface area contributed by atoms with Crippen LogP contribution in [0.2, 0.25) is 0 Å². The lowest BCUT2D eigenvalue weighted by molar-refractivity contribution is 1.20. The maximum Gasteiger partial charge on any atom is 0.0548 e. The van der Waals surface area contributed by atoms with Crippen molar-refractivity contribution in [2.75, 3.05) is 0 Å². The van der Waals surface area contributed by atoms with Crippen LogP contribution < -0.4 is 0 Å². The highest BCUT2D eigenvalue weighted by Crippen LogP contribution is 2.47. The van der Waals surface area contributed by atoms with Gasteiger partial charge in [0.05, 0.1) is 33.4 Å². The predicted molar refractivity (Wildman–Crippen MR) is 213 cm³/mol. The molecule has 0 aliphatic carbocycles. The summed E-state index contributed by atoms with van der Waals surface area (Å²) in [5.41, 5.74) is 9.95. The van der Waals surface area contributed by atoms with Gasteiger partial charge in [0.25, 0.3) is 0 Å². The Morgan fingerprint density at radius 2 is 0.640 bits per heavy atom. The summed E-state index contributed by atoms with van der Waals surface area (Å²) in [6, 6.07) is 63.0. The molecule has 0 fully saturated rings. The number of benzene rings is 10. The molecule has 2 nitrogen and oxygen atoms in total. The molecule has 0 amide bonds. The minimum atomic E-state index is 1.22. The van der Waals surface area contributed by atoms with E-state index in [1.54, 1.807) is 0 Å². The van der Waals surface area contributed by atoms with Gasteiger partial charge in [0.1, 0.15) is 0 Å². The predicted octanol–water partition coefficient (Wildman–Crippen LogP) is 13.0. The third-order valence-electron chi connectivity index (χ3n) is 11.2. The van der Waals surface area contributed by atoms with Gasteiger partial charge in [-0.1, -0.05) is 133 Å². The van der Waals surface area contributed by atoms with Crippen LogP contribution in [0.15, 0.2) is 170 Å². The Morgan fingerprint density at radius 3 is 1.14 bits per heavy atom. The first-order valence-electron chi connectivity index (χ1n) is 17.4. The van der Waals surface area contributed by atoms with E-state index >= 15 is 0 Å². The molecule has 2 heteroatoms. The topological polar surface area (TPSA) is 9.86 Å². The van der Waals surface area contributed by atoms with Crippen LogP contribution >= 0.6 is 0 Å². The molecule has 0 aliphatic heterocycles. The molecule has 12 aromatic rings. The van der Waals surface area contributed by atoms with Crippen molar-refractivity contribution >= 4 is 86.7 Å². The van der Waals surface area contributed by atoms with Crippen molar-refractivity contribution in [1.29, 1.82) is 0 Å². The summed E-state index contributed by atoms with van der Waals surface area (Å²) in [4.78, 5) is 0. The van der Waals surface area contributed by atoms with Crippen molar-refractivity contribution in [1.82, 2.24) is 9.13 Å². The first kappa shape index (κ1) is 26.3. The molecule has 0 atom stereocenters. The monoisotopic (exact) mass is 632 g/mol. The van der Waals surface area contributed by atoms with E-state index in [0.29, 0.717) is 0 Å². The van der Waals surface area contributed by atoms with Crippen molar-refractivity contribution in [2.45, 2.75) is 0 Å². The molecule has 0 N–H and O–H groups in total. The lowest BCUT2D eigenvalue weighted by Crippen LogP contribution is -1.95. The highest BCUT2D eigenvalue weighted by molar-refractivity contribution is 6.30. The van der Waals surface area contributed by atoms with E-state index in [9.17, 15) is 0 Å². The Bertz CT molecular complexity index is 3080. The molecule has 0 saturated heterocycles. The summed E-state index contributed by atoms with van der Waals surface area (Å²) in [5.74, 6) is 0. The van der Waals surface area contributed by atoms with Crippen LogP contribution in [0.4, 0.5) is 0 Å². The van der Waals surface area contributed by atoms with Crippen molar-refractivity contribution in [2.24, 2.45) is 0 Å². The number of rotatable bonds is 3. The Kier molecular flexibility index (Phi) is 5.00. The summed E-state index contributed by atoms with van der Waals surface area (Å²) in [7, 11) is 0. The molecular weight excluding hydrogens is 605 g/mol. The quantitative estimate of drug-likeness (QED) is 0.172. The minimum Gasteiger partial charge on any atom is -0.309 e. The lowest BCUT2D eigenvalue weighted by atomic mass is 9.90. The zero-order chi connectivity index (χ0) is 32.5. The number of hydrogen-bond acceptors (Lipinski definition) is 0. The first-order chi connectivity index (χ1) is 24.8. The smallest absolute Gasteiger partial charge is 0.0548 e. The maximum absolute atomic E-state index is 2.48. The standard InChI is InChI=1S/C48H28N2/c1-3-15-33-29(9-1)11-5-17-39(33)49-41-19-7-13-31-21-23-37-35(25-27-43(49)47(37)45(31)41)36-26-28-44-48-38(36)24-22-32-14-8-20-42(46(32)48)50(44)40-18-6-12-30-10-2-4-16-34(30)40/h1-28H. The van der Waals surface area contributed by atoms with Crippen molar-refractivity contribution in [3.8, 4) is 22.5 Å². The molecule has 2 heterocycles. The highest BCUT2D eigenvalue weighted by atomic mass is 15.0. The average molecular weight is 633 g/mol. The molecule has 0 saturated carbocycles. The van der Waals surface area contributed by atoms with E-state index in [-0.39, 0.29) is 0 Å². The van der Waals surface area contributed by atoms with Gasteiger partial charge in [-0.25, -0.2) is 0 Å². The van der Waals surface area contributed by atoms with Crippen LogP contribution in [-0.2, 0) is 0 Å². The summed E-state index contributed by atoms with van der Waals surface area (Å²) < 4.78 is 4.96. The Balaban J connectivity index is 1.18. The van der Waals surface area contributed by atoms with Gasteiger partial charge in [0, 0.05) is 32.3 Å². The minimum absolute atomic E-state index is 1.22. The normalized spacial score (nSPS) is 12.4. The number of fused-ring (bicyclic) bond motifs is 2. The molecule has 0 aliphatic rings. The van der Waals surface area contributed by atoms with Gasteiger partial charge in [0.2, 0.25) is 0 Å². The molecule has 12 rings (SSSR count). The van der Waals surface area contributed by atoms with Gasteiger partial charge >= 0.3 is 0 Å². The average Bonchev–Trinajstić information content (AvgIpc) is 3.70. The van der Waals surface area contributed by atoms with Crippen LogP contribution in [0.25, 0.3) is 109 Å². The molecule has 10 aromatic carbocycles. The SMILES string of the molecule is c1ccc2c(-n3c4cccc5ccc6c(-c7ccc8c9c7ccc7cccc(c79)n8-c7cccc8ccccc78)ccc3c6c54)cccc2c1. The van der Waals surface area contributed by atoms with Crippen LogP contribution in [-0.4, -0.2) is 9.13 Å². The molecular formula is C48H28N2. The highest BCUT2D eigenvalue weighted by Gasteiger charge is 2.23. The van der Waals surface area contributed by atoms with Gasteiger partial charge in [-0.2, -0.15) is 0 Å². The second-order valence-corrected chi connectivity index (χ2v) is 13.7. The van der Waals surface area contributed by atoms with Crippen molar-refractivity contribution in [3.05, 3.63) is 170 Å². The number of aromatic nitrogens is 2. The Labute approximate surface area is 287 Å². The largest absolute Gasteiger partial charge is 0.309 e. The van der Waals surface area contributed by atoms with E-state index in [2.05, 4.69) is 179 Å². The fourth-order valence-electron chi connectivity index (χ4n) is 9.17. The van der Waals surface area contributed by atoms with Gasteiger partial charge in [-0.3, -0.25) is 0 Å². The van der Waals surface area contributed by atoms with Gasteiger partial charge < -0.3 is 9.13 Å². The lowest BCUT2D eigenvalue weighted by Gasteiger charge is -2.14. The Morgan fingerprint density at radius 1 is 0.240 bits per heavy atom. The molecule has 0 radical (unpaired) electrons. The molecule has 230 valence electrons. The van der Waals surface area contributed by atoms with E-state index in [4.69, 9.17) is 0 Å². The summed E-state index contributed by atoms with van der Waals surface area (Å²) in [5, 5.41) is 15.5. The van der Waals surface area contributed by atoms with E-state index in [0.717, 1.165) is 0 Å². The summed E-state index contributed by atoms with van der Waals surface area (Å²) in [6.07, 6.45) is 0. The Hall–Kier alpha value is -6.64. The summed E-state index contributed by atoms with van der Waals surface area (Å²) in [6.45, 7) is 0. The van der Waals surface area contributed by atoms with Crippen LogP contribution in [0.3, 0.4) is 0 Å². The van der Waals surface area contributed by atoms with Gasteiger partial charge in [0.15, 0.2) is 0 Å². The van der Waals surface area contributed by atoms with E-state index in [1.807, 2.05) is 0 Å². The fourth-order valence-corrected chi connectivity index (χ4v) is 9.17. The third-order valence-corrected chi connectivity index (χ3v) is 11.2. The molecule has 2 aromatic heterocycles. The number of hydrogen-bond donors (Lipinski definition) is 0.